The number of carbonyl (C=O) groups excluding carboxylic acids is 2. The molecule has 2 amide bonds. The van der Waals surface area contributed by atoms with Crippen LogP contribution in [0.4, 0.5) is 4.79 Å². The van der Waals surface area contributed by atoms with Gasteiger partial charge in [-0.3, -0.25) is 5.43 Å². The summed E-state index contributed by atoms with van der Waals surface area (Å²) in [7, 11) is 1.28. The van der Waals surface area contributed by atoms with E-state index in [4.69, 9.17) is 25.8 Å². The summed E-state index contributed by atoms with van der Waals surface area (Å²) in [6.07, 6.45) is 2.51. The van der Waals surface area contributed by atoms with Crippen molar-refractivity contribution in [1.82, 2.24) is 20.6 Å². The van der Waals surface area contributed by atoms with Crippen LogP contribution in [0, 0.1) is 0 Å². The molecule has 234 valence electrons. The Bertz CT molecular complexity index is 1770. The monoisotopic (exact) mass is 631 g/mol. The van der Waals surface area contributed by atoms with Gasteiger partial charge in [0, 0.05) is 39.9 Å². The Morgan fingerprint density at radius 1 is 1.13 bits per heavy atom. The molecule has 5 rings (SSSR count). The van der Waals surface area contributed by atoms with Crippen LogP contribution in [0.15, 0.2) is 89.3 Å². The van der Waals surface area contributed by atoms with Gasteiger partial charge in [0.05, 0.1) is 31.5 Å². The molecule has 12 heteroatoms. The van der Waals surface area contributed by atoms with E-state index in [1.807, 2.05) is 61.7 Å². The third-order valence-corrected chi connectivity index (χ3v) is 7.59. The van der Waals surface area contributed by atoms with Crippen LogP contribution >= 0.6 is 11.6 Å². The van der Waals surface area contributed by atoms with E-state index in [0.29, 0.717) is 40.9 Å². The highest BCUT2D eigenvalue weighted by Gasteiger charge is 2.32. The van der Waals surface area contributed by atoms with Crippen LogP contribution < -0.4 is 25.5 Å². The summed E-state index contributed by atoms with van der Waals surface area (Å²) in [4.78, 5) is 24.7. The van der Waals surface area contributed by atoms with Crippen LogP contribution in [0.2, 0.25) is 5.02 Å². The molecule has 0 spiro atoms. The highest BCUT2D eigenvalue weighted by atomic mass is 35.5. The fourth-order valence-electron chi connectivity index (χ4n) is 5.13. The second-order valence-corrected chi connectivity index (χ2v) is 10.6. The summed E-state index contributed by atoms with van der Waals surface area (Å²) in [5.74, 6) is 0.184. The van der Waals surface area contributed by atoms with E-state index >= 15 is 0 Å². The number of ether oxygens (including phenoxy) is 3. The minimum atomic E-state index is -1.13. The summed E-state index contributed by atoms with van der Waals surface area (Å²) in [5.41, 5.74) is 6.87. The lowest BCUT2D eigenvalue weighted by Gasteiger charge is -2.28. The van der Waals surface area contributed by atoms with Gasteiger partial charge in [-0.25, -0.2) is 9.59 Å². The van der Waals surface area contributed by atoms with Crippen molar-refractivity contribution in [2.45, 2.75) is 32.7 Å². The normalized spacial score (nSPS) is 15.5. The SMILES string of the molecule is CCOc1cc([C@H]2NC(=O)NC(C)=C2C(=O)OC)ccc1OC[C@@H](O)N/N=C/c1cn(Cc2ccccc2Cl)c2ccccc12. The van der Waals surface area contributed by atoms with Crippen molar-refractivity contribution in [3.63, 3.8) is 0 Å². The van der Waals surface area contributed by atoms with Gasteiger partial charge >= 0.3 is 12.0 Å². The number of aliphatic hydroxyl groups excluding tert-OH is 1. The van der Waals surface area contributed by atoms with Crippen molar-refractivity contribution in [2.75, 3.05) is 20.3 Å². The zero-order valence-corrected chi connectivity index (χ0v) is 25.8. The van der Waals surface area contributed by atoms with Gasteiger partial charge in [-0.15, -0.1) is 0 Å². The Morgan fingerprint density at radius 2 is 1.91 bits per heavy atom. The predicted molar refractivity (Wildman–Crippen MR) is 171 cm³/mol. The zero-order chi connectivity index (χ0) is 31.9. The number of rotatable bonds is 12. The van der Waals surface area contributed by atoms with Crippen LogP contribution in [-0.2, 0) is 16.1 Å². The van der Waals surface area contributed by atoms with E-state index in [2.05, 4.69) is 25.7 Å². The first-order valence-electron chi connectivity index (χ1n) is 14.3. The van der Waals surface area contributed by atoms with E-state index in [0.717, 1.165) is 22.0 Å². The molecular weight excluding hydrogens is 598 g/mol. The van der Waals surface area contributed by atoms with Crippen molar-refractivity contribution in [3.05, 3.63) is 106 Å². The van der Waals surface area contributed by atoms with Gasteiger partial charge in [0.1, 0.15) is 6.61 Å². The lowest BCUT2D eigenvalue weighted by atomic mass is 9.95. The van der Waals surface area contributed by atoms with E-state index in [1.54, 1.807) is 31.3 Å². The number of aromatic nitrogens is 1. The van der Waals surface area contributed by atoms with Crippen molar-refractivity contribution in [1.29, 1.82) is 0 Å². The quantitative estimate of drug-likeness (QED) is 0.0759. The zero-order valence-electron chi connectivity index (χ0n) is 25.0. The number of benzene rings is 3. The molecule has 45 heavy (non-hydrogen) atoms. The highest BCUT2D eigenvalue weighted by Crippen LogP contribution is 2.35. The number of para-hydroxylation sites is 1. The standard InChI is InChI=1S/C33H34ClN5O6/c1-4-44-28-15-21(31-30(32(41)43-3)20(2)36-33(42)37-31)13-14-27(28)45-19-29(40)38-35-16-23-18-39(26-12-8-6-10-24(23)26)17-22-9-5-7-11-25(22)34/h5-16,18,29,31,38,40H,4,17,19H2,1-3H3,(H2,36,37,42)/b35-16+/t29-,31-/m1/s1. The number of halogens is 1. The number of carbonyl (C=O) groups is 2. The van der Waals surface area contributed by atoms with Crippen molar-refractivity contribution in [3.8, 4) is 11.5 Å². The molecule has 1 aromatic heterocycles. The number of nitrogens with zero attached hydrogens (tertiary/aromatic N) is 2. The summed E-state index contributed by atoms with van der Waals surface area (Å²) < 4.78 is 18.7. The van der Waals surface area contributed by atoms with Gasteiger partial charge in [-0.2, -0.15) is 5.10 Å². The maximum absolute atomic E-state index is 12.5. The largest absolute Gasteiger partial charge is 0.490 e. The number of allylic oxidation sites excluding steroid dienone is 1. The average molecular weight is 632 g/mol. The van der Waals surface area contributed by atoms with Crippen molar-refractivity contribution < 1.29 is 28.9 Å². The third-order valence-electron chi connectivity index (χ3n) is 7.22. The molecule has 0 radical (unpaired) electrons. The summed E-state index contributed by atoms with van der Waals surface area (Å²) >= 11 is 6.40. The second kappa shape index (κ2) is 14.2. The molecule has 4 N–H and O–H groups in total. The van der Waals surface area contributed by atoms with Gasteiger partial charge in [0.25, 0.3) is 0 Å². The summed E-state index contributed by atoms with van der Waals surface area (Å²) in [6, 6.07) is 19.6. The molecule has 0 saturated heterocycles. The van der Waals surface area contributed by atoms with Crippen molar-refractivity contribution >= 4 is 40.7 Å². The number of hydrogen-bond donors (Lipinski definition) is 4. The Labute approximate surface area is 265 Å². The topological polar surface area (TPSA) is 135 Å². The number of fused-ring (bicyclic) bond motifs is 1. The molecule has 0 saturated carbocycles. The number of esters is 1. The Balaban J connectivity index is 1.26. The number of aliphatic hydroxyl groups is 1. The van der Waals surface area contributed by atoms with E-state index < -0.39 is 24.3 Å². The van der Waals surface area contributed by atoms with Gasteiger partial charge < -0.3 is 34.5 Å². The molecule has 0 aliphatic carbocycles. The van der Waals surface area contributed by atoms with Crippen molar-refractivity contribution in [2.24, 2.45) is 5.10 Å². The minimum absolute atomic E-state index is 0.137. The lowest BCUT2D eigenvalue weighted by Crippen LogP contribution is -2.45. The molecule has 11 nitrogen and oxygen atoms in total. The molecule has 0 fully saturated rings. The number of hydrazone groups is 1. The van der Waals surface area contributed by atoms with Gasteiger partial charge in [-0.1, -0.05) is 54.1 Å². The first-order valence-corrected chi connectivity index (χ1v) is 14.7. The Hall–Kier alpha value is -5.00. The number of amides is 2. The van der Waals surface area contributed by atoms with E-state index in [-0.39, 0.29) is 12.2 Å². The van der Waals surface area contributed by atoms with Crippen LogP contribution in [-0.4, -0.2) is 54.4 Å². The maximum Gasteiger partial charge on any atom is 0.337 e. The van der Waals surface area contributed by atoms with Gasteiger partial charge in [-0.05, 0) is 49.2 Å². The molecule has 0 bridgehead atoms. The molecular formula is C33H34ClN5O6. The maximum atomic E-state index is 12.5. The molecule has 0 unspecified atom stereocenters. The fourth-order valence-corrected chi connectivity index (χ4v) is 5.33. The molecule has 1 aliphatic heterocycles. The Kier molecular flexibility index (Phi) is 9.91. The second-order valence-electron chi connectivity index (χ2n) is 10.2. The molecule has 4 aromatic rings. The predicted octanol–water partition coefficient (Wildman–Crippen LogP) is 4.86. The van der Waals surface area contributed by atoms with Gasteiger partial charge in [0.2, 0.25) is 0 Å². The first kappa shape index (κ1) is 31.4. The molecule has 3 aromatic carbocycles. The van der Waals surface area contributed by atoms with Gasteiger partial charge in [0.15, 0.2) is 17.7 Å². The molecule has 2 atom stereocenters. The van der Waals surface area contributed by atoms with Crippen LogP contribution in [0.3, 0.4) is 0 Å². The molecule has 1 aliphatic rings. The van der Waals surface area contributed by atoms with Crippen LogP contribution in [0.5, 0.6) is 11.5 Å². The number of nitrogens with one attached hydrogen (secondary N) is 3. The highest BCUT2D eigenvalue weighted by molar-refractivity contribution is 6.31. The Morgan fingerprint density at radius 3 is 2.69 bits per heavy atom. The third kappa shape index (κ3) is 7.22. The number of urea groups is 1. The minimum Gasteiger partial charge on any atom is -0.490 e. The summed E-state index contributed by atoms with van der Waals surface area (Å²) in [6.45, 7) is 4.26. The molecule has 2 heterocycles. The first-order chi connectivity index (χ1) is 21.8. The summed E-state index contributed by atoms with van der Waals surface area (Å²) in [5, 5.41) is 21.9. The van der Waals surface area contributed by atoms with E-state index in [9.17, 15) is 14.7 Å². The van der Waals surface area contributed by atoms with E-state index in [1.165, 1.54) is 7.11 Å². The van der Waals surface area contributed by atoms with Crippen LogP contribution in [0.25, 0.3) is 10.9 Å². The average Bonchev–Trinajstić information content (AvgIpc) is 3.38. The fraction of sp³-hybridized carbons (Fsp3) is 0.242. The van der Waals surface area contributed by atoms with Crippen LogP contribution in [0.1, 0.15) is 36.6 Å². The number of methoxy groups -OCH3 is 1. The lowest BCUT2D eigenvalue weighted by molar-refractivity contribution is -0.136. The smallest absolute Gasteiger partial charge is 0.337 e. The number of hydrogen-bond acceptors (Lipinski definition) is 8.